The molecular weight excluding hydrogens is 296 g/mol. The fraction of sp³-hybridized carbons (Fsp3) is 0.846. The Kier molecular flexibility index (Phi) is 4.96. The molecule has 1 N–H and O–H groups in total. The first-order valence-corrected chi connectivity index (χ1v) is 6.95. The molecule has 124 valence electrons. The SMILES string of the molecule is CCOC(=O)C(=[N+]=[N-])[C@@H](O)[C@H]1O[C@@H]2OC(C)(C)O[C@@H]2[C@H]1OC. The van der Waals surface area contributed by atoms with E-state index in [2.05, 4.69) is 4.79 Å². The number of ether oxygens (including phenoxy) is 5. The molecule has 0 unspecified atom stereocenters. The third kappa shape index (κ3) is 3.05. The summed E-state index contributed by atoms with van der Waals surface area (Å²) in [5.41, 5.74) is 8.41. The summed E-state index contributed by atoms with van der Waals surface area (Å²) in [6.07, 6.45) is -4.56. The normalized spacial score (nSPS) is 33.9. The van der Waals surface area contributed by atoms with Gasteiger partial charge in [0.15, 0.2) is 18.2 Å². The Balaban J connectivity index is 2.16. The zero-order valence-electron chi connectivity index (χ0n) is 12.9. The van der Waals surface area contributed by atoms with Crippen molar-refractivity contribution in [3.63, 3.8) is 0 Å². The molecule has 2 aliphatic heterocycles. The van der Waals surface area contributed by atoms with Crippen LogP contribution in [0.2, 0.25) is 0 Å². The third-order valence-electron chi connectivity index (χ3n) is 3.48. The fourth-order valence-electron chi connectivity index (χ4n) is 2.61. The molecule has 0 amide bonds. The standard InChI is InChI=1S/C13H20N2O7/c1-5-19-11(17)6(15-14)7(16)8-9(18-4)10-12(20-8)22-13(2,3)21-10/h7-10,12,16H,5H2,1-4H3/t7-,8-,9+,10-,12-/m1/s1. The van der Waals surface area contributed by atoms with E-state index in [1.54, 1.807) is 20.8 Å². The number of hydrogen-bond acceptors (Lipinski definition) is 7. The van der Waals surface area contributed by atoms with Gasteiger partial charge >= 0.3 is 11.7 Å². The van der Waals surface area contributed by atoms with Crippen LogP contribution in [0.15, 0.2) is 0 Å². The van der Waals surface area contributed by atoms with Gasteiger partial charge in [-0.2, -0.15) is 4.79 Å². The van der Waals surface area contributed by atoms with Gasteiger partial charge in [0.05, 0.1) is 6.61 Å². The molecule has 0 bridgehead atoms. The van der Waals surface area contributed by atoms with Crippen LogP contribution in [-0.2, 0) is 28.5 Å². The molecule has 9 heteroatoms. The summed E-state index contributed by atoms with van der Waals surface area (Å²) in [4.78, 5) is 14.5. The smallest absolute Gasteiger partial charge is 0.419 e. The Hall–Kier alpha value is -1.35. The molecular formula is C13H20N2O7. The van der Waals surface area contributed by atoms with Crippen LogP contribution in [0.1, 0.15) is 20.8 Å². The Bertz CT molecular complexity index is 489. The van der Waals surface area contributed by atoms with Crippen molar-refractivity contribution in [1.29, 1.82) is 0 Å². The van der Waals surface area contributed by atoms with Gasteiger partial charge in [0.1, 0.15) is 18.3 Å². The number of esters is 1. The van der Waals surface area contributed by atoms with Gasteiger partial charge in [0.2, 0.25) is 0 Å². The number of methoxy groups -OCH3 is 1. The molecule has 0 spiro atoms. The minimum atomic E-state index is -1.55. The number of carbonyl (C=O) groups excluding carboxylic acids is 1. The molecule has 22 heavy (non-hydrogen) atoms. The molecule has 2 rings (SSSR count). The summed E-state index contributed by atoms with van der Waals surface area (Å²) < 4.78 is 26.8. The molecule has 9 nitrogen and oxygen atoms in total. The van der Waals surface area contributed by atoms with Crippen LogP contribution in [0, 0.1) is 0 Å². The van der Waals surface area contributed by atoms with Gasteiger partial charge in [0.25, 0.3) is 0 Å². The van der Waals surface area contributed by atoms with E-state index in [-0.39, 0.29) is 6.61 Å². The maximum Gasteiger partial charge on any atom is 0.419 e. The van der Waals surface area contributed by atoms with E-state index in [9.17, 15) is 9.90 Å². The van der Waals surface area contributed by atoms with Gasteiger partial charge in [-0.25, -0.2) is 4.79 Å². The lowest BCUT2D eigenvalue weighted by Crippen LogP contribution is -2.48. The molecule has 0 aliphatic carbocycles. The average Bonchev–Trinajstić information content (AvgIpc) is 2.90. The van der Waals surface area contributed by atoms with Crippen LogP contribution in [0.5, 0.6) is 0 Å². The summed E-state index contributed by atoms with van der Waals surface area (Å²) in [5.74, 6) is -1.77. The number of rotatable bonds is 5. The van der Waals surface area contributed by atoms with Crippen molar-refractivity contribution in [3.8, 4) is 0 Å². The van der Waals surface area contributed by atoms with Crippen molar-refractivity contribution in [2.75, 3.05) is 13.7 Å². The van der Waals surface area contributed by atoms with Gasteiger partial charge in [-0.3, -0.25) is 0 Å². The van der Waals surface area contributed by atoms with Gasteiger partial charge in [-0.1, -0.05) is 0 Å². The van der Waals surface area contributed by atoms with E-state index in [4.69, 9.17) is 29.2 Å². The summed E-state index contributed by atoms with van der Waals surface area (Å²) in [6.45, 7) is 5.13. The van der Waals surface area contributed by atoms with E-state index in [0.717, 1.165) is 0 Å². The predicted octanol–water partition coefficient (Wildman–Crippen LogP) is -0.527. The highest BCUT2D eigenvalue weighted by Gasteiger charge is 2.59. The van der Waals surface area contributed by atoms with Crippen molar-refractivity contribution in [3.05, 3.63) is 5.53 Å². The first kappa shape index (κ1) is 17.0. The number of aliphatic hydroxyl groups is 1. The molecule has 0 saturated carbocycles. The summed E-state index contributed by atoms with van der Waals surface area (Å²) in [6, 6.07) is 0. The largest absolute Gasteiger partial charge is 0.457 e. The number of hydrogen-bond donors (Lipinski definition) is 1. The molecule has 0 radical (unpaired) electrons. The lowest BCUT2D eigenvalue weighted by atomic mass is 10.0. The maximum atomic E-state index is 11.7. The minimum absolute atomic E-state index is 0.0788. The number of carbonyl (C=O) groups is 1. The van der Waals surface area contributed by atoms with E-state index in [0.29, 0.717) is 0 Å². The Labute approximate surface area is 127 Å². The van der Waals surface area contributed by atoms with Crippen molar-refractivity contribution < 1.29 is 38.4 Å². The summed E-state index contributed by atoms with van der Waals surface area (Å²) in [5, 5.41) is 10.3. The zero-order valence-corrected chi connectivity index (χ0v) is 12.9. The van der Waals surface area contributed by atoms with Crippen molar-refractivity contribution in [2.45, 2.75) is 57.3 Å². The first-order chi connectivity index (χ1) is 10.3. The van der Waals surface area contributed by atoms with Crippen molar-refractivity contribution >= 4 is 11.7 Å². The lowest BCUT2D eigenvalue weighted by molar-refractivity contribution is -0.225. The van der Waals surface area contributed by atoms with Crippen molar-refractivity contribution in [1.82, 2.24) is 0 Å². The van der Waals surface area contributed by atoms with Crippen LogP contribution in [0.25, 0.3) is 5.53 Å². The summed E-state index contributed by atoms with van der Waals surface area (Å²) in [7, 11) is 1.42. The minimum Gasteiger partial charge on any atom is -0.457 e. The van der Waals surface area contributed by atoms with Crippen LogP contribution in [0.3, 0.4) is 0 Å². The van der Waals surface area contributed by atoms with Crippen LogP contribution in [-0.4, -0.2) is 71.8 Å². The fourth-order valence-corrected chi connectivity index (χ4v) is 2.61. The second-order valence-electron chi connectivity index (χ2n) is 5.42. The maximum absolute atomic E-state index is 11.7. The van der Waals surface area contributed by atoms with Crippen LogP contribution in [0.4, 0.5) is 0 Å². The highest BCUT2D eigenvalue weighted by molar-refractivity contribution is 6.35. The number of aliphatic hydroxyl groups excluding tert-OH is 1. The van der Waals surface area contributed by atoms with E-state index in [1.165, 1.54) is 7.11 Å². The molecule has 2 heterocycles. The van der Waals surface area contributed by atoms with Gasteiger partial charge in [0, 0.05) is 7.11 Å². The predicted molar refractivity (Wildman–Crippen MR) is 70.8 cm³/mol. The lowest BCUT2D eigenvalue weighted by Gasteiger charge is -2.25. The quantitative estimate of drug-likeness (QED) is 0.313. The highest BCUT2D eigenvalue weighted by Crippen LogP contribution is 2.39. The molecule has 5 atom stereocenters. The molecule has 2 saturated heterocycles. The molecule has 0 aromatic carbocycles. The second-order valence-corrected chi connectivity index (χ2v) is 5.42. The second kappa shape index (κ2) is 6.41. The van der Waals surface area contributed by atoms with E-state index >= 15 is 0 Å². The Morgan fingerprint density at radius 1 is 1.45 bits per heavy atom. The number of nitrogens with zero attached hydrogens (tertiary/aromatic N) is 2. The van der Waals surface area contributed by atoms with Crippen molar-refractivity contribution in [2.24, 2.45) is 0 Å². The topological polar surface area (TPSA) is 120 Å². The zero-order chi connectivity index (χ0) is 16.5. The molecule has 2 aliphatic rings. The van der Waals surface area contributed by atoms with Gasteiger partial charge in [-0.15, -0.1) is 0 Å². The Morgan fingerprint density at radius 3 is 2.68 bits per heavy atom. The molecule has 0 aromatic rings. The molecule has 0 aromatic heterocycles. The van der Waals surface area contributed by atoms with Gasteiger partial charge in [-0.05, 0) is 20.8 Å². The van der Waals surface area contributed by atoms with E-state index < -0.39 is 48.2 Å². The van der Waals surface area contributed by atoms with E-state index in [1.807, 2.05) is 0 Å². The average molecular weight is 316 g/mol. The Morgan fingerprint density at radius 2 is 2.14 bits per heavy atom. The highest BCUT2D eigenvalue weighted by atomic mass is 16.8. The van der Waals surface area contributed by atoms with Crippen LogP contribution >= 0.6 is 0 Å². The van der Waals surface area contributed by atoms with Crippen LogP contribution < -0.4 is 0 Å². The summed E-state index contributed by atoms with van der Waals surface area (Å²) >= 11 is 0. The molecule has 2 fully saturated rings. The number of fused-ring (bicyclic) bond motifs is 1. The third-order valence-corrected chi connectivity index (χ3v) is 3.48. The monoisotopic (exact) mass is 316 g/mol. The first-order valence-electron chi connectivity index (χ1n) is 6.95. The van der Waals surface area contributed by atoms with Gasteiger partial charge < -0.3 is 34.3 Å².